The fourth-order valence-corrected chi connectivity index (χ4v) is 4.00. The van der Waals surface area contributed by atoms with Crippen molar-refractivity contribution >= 4 is 17.6 Å². The van der Waals surface area contributed by atoms with Crippen LogP contribution in [0.1, 0.15) is 54.4 Å². The molecule has 130 valence electrons. The number of aryl methyl sites for hydroxylation is 1. The van der Waals surface area contributed by atoms with Gasteiger partial charge in [-0.1, -0.05) is 18.9 Å². The van der Waals surface area contributed by atoms with Crippen LogP contribution in [0.15, 0.2) is 18.2 Å². The Balaban J connectivity index is 1.58. The van der Waals surface area contributed by atoms with Gasteiger partial charge in [-0.2, -0.15) is 0 Å². The summed E-state index contributed by atoms with van der Waals surface area (Å²) in [5, 5.41) is 0. The molecule has 5 nitrogen and oxygen atoms in total. The number of rotatable bonds is 3. The normalized spacial score (nSPS) is 23.5. The van der Waals surface area contributed by atoms with Gasteiger partial charge in [0.15, 0.2) is 6.61 Å². The highest BCUT2D eigenvalue weighted by Gasteiger charge is 2.35. The van der Waals surface area contributed by atoms with E-state index in [1.807, 2.05) is 11.8 Å². The van der Waals surface area contributed by atoms with E-state index in [2.05, 4.69) is 0 Å². The Morgan fingerprint density at radius 2 is 1.96 bits per heavy atom. The number of benzene rings is 1. The topological polar surface area (TPSA) is 72.6 Å². The molecule has 1 heterocycles. The molecule has 1 aliphatic carbocycles. The second-order valence-corrected chi connectivity index (χ2v) is 6.99. The van der Waals surface area contributed by atoms with Crippen molar-refractivity contribution in [1.29, 1.82) is 0 Å². The van der Waals surface area contributed by atoms with Crippen LogP contribution in [0.2, 0.25) is 0 Å². The van der Waals surface area contributed by atoms with Crippen molar-refractivity contribution in [3.8, 4) is 0 Å². The molecule has 0 aromatic heterocycles. The lowest BCUT2D eigenvalue weighted by Crippen LogP contribution is -2.50. The third-order valence-electron chi connectivity index (χ3n) is 5.41. The molecule has 1 aliphatic heterocycles. The third kappa shape index (κ3) is 3.55. The molecule has 0 radical (unpaired) electrons. The SMILES string of the molecule is Cc1ccc(C(=O)OCC(=O)N2CCC[C@H]3CCCC[C@@H]32)cc1N. The van der Waals surface area contributed by atoms with E-state index in [0.717, 1.165) is 24.9 Å². The van der Waals surface area contributed by atoms with Crippen LogP contribution in [0.5, 0.6) is 0 Å². The summed E-state index contributed by atoms with van der Waals surface area (Å²) in [6.45, 7) is 2.48. The molecule has 1 aromatic rings. The van der Waals surface area contributed by atoms with Gasteiger partial charge >= 0.3 is 5.97 Å². The molecule has 1 aromatic carbocycles. The molecule has 1 amide bonds. The van der Waals surface area contributed by atoms with E-state index in [9.17, 15) is 9.59 Å². The first-order chi connectivity index (χ1) is 11.6. The maximum Gasteiger partial charge on any atom is 0.338 e. The van der Waals surface area contributed by atoms with Crippen LogP contribution in [-0.4, -0.2) is 36.0 Å². The van der Waals surface area contributed by atoms with Gasteiger partial charge < -0.3 is 15.4 Å². The summed E-state index contributed by atoms with van der Waals surface area (Å²) in [7, 11) is 0. The second kappa shape index (κ2) is 7.24. The maximum atomic E-state index is 12.5. The molecule has 2 N–H and O–H groups in total. The van der Waals surface area contributed by atoms with Gasteiger partial charge in [0.1, 0.15) is 0 Å². The van der Waals surface area contributed by atoms with Crippen LogP contribution in [0.3, 0.4) is 0 Å². The smallest absolute Gasteiger partial charge is 0.338 e. The van der Waals surface area contributed by atoms with Crippen molar-refractivity contribution in [3.63, 3.8) is 0 Å². The zero-order valence-electron chi connectivity index (χ0n) is 14.3. The first kappa shape index (κ1) is 16.8. The van der Waals surface area contributed by atoms with Crippen LogP contribution in [0.4, 0.5) is 5.69 Å². The Hall–Kier alpha value is -2.04. The predicted octanol–water partition coefficient (Wildman–Crippen LogP) is 2.92. The van der Waals surface area contributed by atoms with E-state index < -0.39 is 5.97 Å². The summed E-state index contributed by atoms with van der Waals surface area (Å²) in [6.07, 6.45) is 7.03. The zero-order chi connectivity index (χ0) is 17.1. The predicted molar refractivity (Wildman–Crippen MR) is 92.6 cm³/mol. The summed E-state index contributed by atoms with van der Waals surface area (Å²) in [5.41, 5.74) is 7.68. The van der Waals surface area contributed by atoms with E-state index in [4.69, 9.17) is 10.5 Å². The molecule has 1 saturated heterocycles. The number of hydrogen-bond donors (Lipinski definition) is 1. The fourth-order valence-electron chi connectivity index (χ4n) is 4.00. The maximum absolute atomic E-state index is 12.5. The highest BCUT2D eigenvalue weighted by atomic mass is 16.5. The largest absolute Gasteiger partial charge is 0.452 e. The summed E-state index contributed by atoms with van der Waals surface area (Å²) in [6, 6.07) is 5.40. The van der Waals surface area contributed by atoms with Gasteiger partial charge in [0.2, 0.25) is 0 Å². The number of nitrogens with zero attached hydrogens (tertiary/aromatic N) is 1. The van der Waals surface area contributed by atoms with Crippen molar-refractivity contribution in [2.45, 2.75) is 51.5 Å². The van der Waals surface area contributed by atoms with Crippen molar-refractivity contribution in [1.82, 2.24) is 4.90 Å². The molecule has 5 heteroatoms. The molecule has 3 rings (SSSR count). The van der Waals surface area contributed by atoms with Crippen molar-refractivity contribution in [2.75, 3.05) is 18.9 Å². The van der Waals surface area contributed by atoms with Gasteiger partial charge in [0.25, 0.3) is 5.91 Å². The Morgan fingerprint density at radius 3 is 2.75 bits per heavy atom. The van der Waals surface area contributed by atoms with E-state index in [1.165, 1.54) is 25.7 Å². The number of esters is 1. The van der Waals surface area contributed by atoms with E-state index in [-0.39, 0.29) is 12.5 Å². The number of amides is 1. The van der Waals surface area contributed by atoms with E-state index in [1.54, 1.807) is 18.2 Å². The minimum atomic E-state index is -0.493. The lowest BCUT2D eigenvalue weighted by atomic mass is 9.78. The molecule has 1 saturated carbocycles. The Kier molecular flexibility index (Phi) is 5.07. The Morgan fingerprint density at radius 1 is 1.21 bits per heavy atom. The molecule has 24 heavy (non-hydrogen) atoms. The minimum Gasteiger partial charge on any atom is -0.452 e. The zero-order valence-corrected chi connectivity index (χ0v) is 14.3. The number of likely N-dealkylation sites (tertiary alicyclic amines) is 1. The van der Waals surface area contributed by atoms with E-state index >= 15 is 0 Å². The second-order valence-electron chi connectivity index (χ2n) is 6.99. The number of carbonyl (C=O) groups excluding carboxylic acids is 2. The fraction of sp³-hybridized carbons (Fsp3) is 0.579. The average molecular weight is 330 g/mol. The minimum absolute atomic E-state index is 0.0694. The average Bonchev–Trinajstić information content (AvgIpc) is 2.61. The van der Waals surface area contributed by atoms with Gasteiger partial charge in [0, 0.05) is 18.3 Å². The molecular weight excluding hydrogens is 304 g/mol. The molecule has 0 bridgehead atoms. The molecule has 0 spiro atoms. The van der Waals surface area contributed by atoms with Crippen LogP contribution in [0, 0.1) is 12.8 Å². The lowest BCUT2D eigenvalue weighted by molar-refractivity contribution is -0.140. The number of anilines is 1. The van der Waals surface area contributed by atoms with E-state index in [0.29, 0.717) is 23.2 Å². The Labute approximate surface area is 143 Å². The number of fused-ring (bicyclic) bond motifs is 1. The van der Waals surface area contributed by atoms with Gasteiger partial charge in [0.05, 0.1) is 5.56 Å². The number of ether oxygens (including phenoxy) is 1. The summed E-state index contributed by atoms with van der Waals surface area (Å²) >= 11 is 0. The van der Waals surface area contributed by atoms with Crippen LogP contribution in [0.25, 0.3) is 0 Å². The van der Waals surface area contributed by atoms with Gasteiger partial charge in [-0.3, -0.25) is 4.79 Å². The first-order valence-corrected chi connectivity index (χ1v) is 8.89. The highest BCUT2D eigenvalue weighted by Crippen LogP contribution is 2.35. The molecule has 0 unspecified atom stereocenters. The number of nitrogen functional groups attached to an aromatic ring is 1. The number of nitrogens with two attached hydrogens (primary N) is 1. The molecule has 2 atom stereocenters. The summed E-state index contributed by atoms with van der Waals surface area (Å²) in [4.78, 5) is 26.6. The standard InChI is InChI=1S/C19H26N2O3/c1-13-8-9-15(11-16(13)20)19(23)24-12-18(22)21-10-4-6-14-5-2-3-7-17(14)21/h8-9,11,14,17H,2-7,10,12,20H2,1H3/t14-,17+/m1/s1. The number of piperidine rings is 1. The Bertz CT molecular complexity index is 627. The van der Waals surface area contributed by atoms with Crippen LogP contribution < -0.4 is 5.73 Å². The number of hydrogen-bond acceptors (Lipinski definition) is 4. The molecule has 2 fully saturated rings. The highest BCUT2D eigenvalue weighted by molar-refractivity contribution is 5.92. The summed E-state index contributed by atoms with van der Waals surface area (Å²) in [5.74, 6) is 0.0661. The number of carbonyl (C=O) groups is 2. The molecule has 2 aliphatic rings. The summed E-state index contributed by atoms with van der Waals surface area (Å²) < 4.78 is 5.23. The van der Waals surface area contributed by atoms with Crippen LogP contribution in [-0.2, 0) is 9.53 Å². The van der Waals surface area contributed by atoms with Crippen LogP contribution >= 0.6 is 0 Å². The first-order valence-electron chi connectivity index (χ1n) is 8.89. The molecular formula is C19H26N2O3. The van der Waals surface area contributed by atoms with Gasteiger partial charge in [-0.15, -0.1) is 0 Å². The lowest BCUT2D eigenvalue weighted by Gasteiger charge is -2.44. The van der Waals surface area contributed by atoms with Gasteiger partial charge in [-0.25, -0.2) is 4.79 Å². The van der Waals surface area contributed by atoms with Gasteiger partial charge in [-0.05, 0) is 56.2 Å². The van der Waals surface area contributed by atoms with Crippen molar-refractivity contribution in [3.05, 3.63) is 29.3 Å². The third-order valence-corrected chi connectivity index (χ3v) is 5.41. The van der Waals surface area contributed by atoms with Crippen molar-refractivity contribution in [2.24, 2.45) is 5.92 Å². The van der Waals surface area contributed by atoms with Crippen molar-refractivity contribution < 1.29 is 14.3 Å². The monoisotopic (exact) mass is 330 g/mol. The quantitative estimate of drug-likeness (QED) is 0.683.